The van der Waals surface area contributed by atoms with E-state index in [2.05, 4.69) is 48.6 Å². The van der Waals surface area contributed by atoms with Gasteiger partial charge in [0.05, 0.1) is 6.67 Å². The quantitative estimate of drug-likeness (QED) is 0.797. The summed E-state index contributed by atoms with van der Waals surface area (Å²) in [6.45, 7) is 7.00. The molecule has 0 bridgehead atoms. The average Bonchev–Trinajstić information content (AvgIpc) is 2.68. The van der Waals surface area contributed by atoms with Gasteiger partial charge >= 0.3 is 0 Å². The summed E-state index contributed by atoms with van der Waals surface area (Å²) in [4.78, 5) is 2.28. The lowest BCUT2D eigenvalue weighted by atomic mass is 10.1. The maximum atomic E-state index is 5.63. The summed E-state index contributed by atoms with van der Waals surface area (Å²) >= 11 is 5.63. The van der Waals surface area contributed by atoms with Crippen LogP contribution in [0, 0.1) is 18.6 Å². The number of aryl methyl sites for hydroxylation is 3. The van der Waals surface area contributed by atoms with Gasteiger partial charge in [0, 0.05) is 19.5 Å². The van der Waals surface area contributed by atoms with Crippen LogP contribution in [0.15, 0.2) is 18.2 Å². The fourth-order valence-electron chi connectivity index (χ4n) is 3.31. The van der Waals surface area contributed by atoms with E-state index < -0.39 is 0 Å². The van der Waals surface area contributed by atoms with Gasteiger partial charge in [-0.25, -0.2) is 4.68 Å². The second kappa shape index (κ2) is 6.97. The third-order valence-corrected chi connectivity index (χ3v) is 5.03. The highest BCUT2D eigenvalue weighted by Gasteiger charge is 2.14. The van der Waals surface area contributed by atoms with Gasteiger partial charge in [-0.15, -0.1) is 0 Å². The summed E-state index contributed by atoms with van der Waals surface area (Å²) in [5.41, 5.74) is 4.03. The van der Waals surface area contributed by atoms with Crippen molar-refractivity contribution in [1.82, 2.24) is 19.2 Å². The molecule has 5 heteroatoms. The molecule has 2 aromatic rings. The van der Waals surface area contributed by atoms with E-state index in [1.54, 1.807) is 0 Å². The van der Waals surface area contributed by atoms with Crippen molar-refractivity contribution in [1.29, 1.82) is 0 Å². The Labute approximate surface area is 143 Å². The Balaban J connectivity index is 1.73. The van der Waals surface area contributed by atoms with Gasteiger partial charge in [0.1, 0.15) is 5.82 Å². The second-order valence-electron chi connectivity index (χ2n) is 6.75. The Bertz CT molecular complexity index is 744. The molecule has 0 unspecified atom stereocenters. The van der Waals surface area contributed by atoms with Crippen molar-refractivity contribution in [3.63, 3.8) is 0 Å². The van der Waals surface area contributed by atoms with Crippen LogP contribution in [0.25, 0.3) is 0 Å². The number of benzene rings is 1. The molecule has 0 fully saturated rings. The zero-order valence-corrected chi connectivity index (χ0v) is 15.2. The van der Waals surface area contributed by atoms with E-state index in [0.29, 0.717) is 0 Å². The van der Waals surface area contributed by atoms with Gasteiger partial charge in [-0.3, -0.25) is 4.90 Å². The molecule has 0 saturated carbocycles. The smallest absolute Gasteiger partial charge is 0.199 e. The molecule has 1 aromatic carbocycles. The Morgan fingerprint density at radius 1 is 1.22 bits per heavy atom. The van der Waals surface area contributed by atoms with Crippen LogP contribution in [-0.4, -0.2) is 26.3 Å². The van der Waals surface area contributed by atoms with Crippen LogP contribution in [0.5, 0.6) is 0 Å². The molecule has 0 atom stereocenters. The minimum atomic E-state index is 0.742. The Hall–Kier alpha value is -1.46. The SMILES string of the molecule is Cc1ccc(CN(C)Cn2nc3n(c2=S)CCCCC3)c(C)c1. The highest BCUT2D eigenvalue weighted by atomic mass is 32.1. The molecule has 1 aliphatic rings. The molecule has 3 rings (SSSR count). The normalized spacial score (nSPS) is 14.8. The van der Waals surface area contributed by atoms with Crippen molar-refractivity contribution < 1.29 is 0 Å². The van der Waals surface area contributed by atoms with Gasteiger partial charge < -0.3 is 4.57 Å². The summed E-state index contributed by atoms with van der Waals surface area (Å²) in [5.74, 6) is 1.16. The molecule has 0 saturated heterocycles. The van der Waals surface area contributed by atoms with Gasteiger partial charge in [0.2, 0.25) is 0 Å². The first kappa shape index (κ1) is 16.4. The van der Waals surface area contributed by atoms with Crippen molar-refractivity contribution in [2.24, 2.45) is 0 Å². The third kappa shape index (κ3) is 3.72. The zero-order chi connectivity index (χ0) is 16.4. The van der Waals surface area contributed by atoms with Crippen molar-refractivity contribution in [3.8, 4) is 0 Å². The van der Waals surface area contributed by atoms with Crippen molar-refractivity contribution >= 4 is 12.2 Å². The van der Waals surface area contributed by atoms with E-state index >= 15 is 0 Å². The van der Waals surface area contributed by atoms with Crippen LogP contribution in [0.3, 0.4) is 0 Å². The van der Waals surface area contributed by atoms with Crippen molar-refractivity contribution in [2.75, 3.05) is 7.05 Å². The third-order valence-electron chi connectivity index (χ3n) is 4.60. The van der Waals surface area contributed by atoms with Crippen LogP contribution in [0.2, 0.25) is 0 Å². The van der Waals surface area contributed by atoms with Gasteiger partial charge in [0.25, 0.3) is 0 Å². The van der Waals surface area contributed by atoms with E-state index in [9.17, 15) is 0 Å². The second-order valence-corrected chi connectivity index (χ2v) is 7.11. The van der Waals surface area contributed by atoms with Crippen LogP contribution >= 0.6 is 12.2 Å². The molecular weight excluding hydrogens is 304 g/mol. The molecule has 0 radical (unpaired) electrons. The molecule has 1 aliphatic heterocycles. The summed E-state index contributed by atoms with van der Waals surface area (Å²) in [7, 11) is 2.13. The topological polar surface area (TPSA) is 26.0 Å². The number of hydrogen-bond acceptors (Lipinski definition) is 3. The maximum absolute atomic E-state index is 5.63. The van der Waals surface area contributed by atoms with Crippen LogP contribution < -0.4 is 0 Å². The van der Waals surface area contributed by atoms with E-state index in [0.717, 1.165) is 36.8 Å². The Kier molecular flexibility index (Phi) is 4.97. The summed E-state index contributed by atoms with van der Waals surface area (Å²) in [6, 6.07) is 6.65. The molecule has 0 amide bonds. The highest BCUT2D eigenvalue weighted by Crippen LogP contribution is 2.16. The van der Waals surface area contributed by atoms with E-state index in [4.69, 9.17) is 17.3 Å². The summed E-state index contributed by atoms with van der Waals surface area (Å²) < 4.78 is 5.08. The van der Waals surface area contributed by atoms with Gasteiger partial charge in [-0.2, -0.15) is 5.10 Å². The standard InChI is InChI=1S/C18H26N4S/c1-14-8-9-16(15(2)11-14)12-20(3)13-22-18(23)21-10-6-4-5-7-17(21)19-22/h8-9,11H,4-7,10,12-13H2,1-3H3. The van der Waals surface area contributed by atoms with Crippen LogP contribution in [0.4, 0.5) is 0 Å². The molecule has 0 spiro atoms. The number of aromatic nitrogens is 3. The predicted octanol–water partition coefficient (Wildman–Crippen LogP) is 3.85. The van der Waals surface area contributed by atoms with Crippen molar-refractivity contribution in [3.05, 3.63) is 45.5 Å². The van der Waals surface area contributed by atoms with Crippen LogP contribution in [0.1, 0.15) is 41.8 Å². The van der Waals surface area contributed by atoms with E-state index in [1.807, 2.05) is 4.68 Å². The monoisotopic (exact) mass is 330 g/mol. The minimum absolute atomic E-state index is 0.742. The molecule has 0 N–H and O–H groups in total. The first-order valence-electron chi connectivity index (χ1n) is 8.46. The molecular formula is C18H26N4S. The molecule has 23 heavy (non-hydrogen) atoms. The van der Waals surface area contributed by atoms with Crippen LogP contribution in [-0.2, 0) is 26.2 Å². The van der Waals surface area contributed by atoms with Crippen molar-refractivity contribution in [2.45, 2.75) is 59.3 Å². The maximum Gasteiger partial charge on any atom is 0.199 e. The molecule has 124 valence electrons. The number of nitrogens with zero attached hydrogens (tertiary/aromatic N) is 4. The van der Waals surface area contributed by atoms with E-state index in [1.165, 1.54) is 36.0 Å². The first-order chi connectivity index (χ1) is 11.0. The van der Waals surface area contributed by atoms with E-state index in [-0.39, 0.29) is 0 Å². The lowest BCUT2D eigenvalue weighted by molar-refractivity contribution is 0.242. The van der Waals surface area contributed by atoms with Gasteiger partial charge in [-0.05, 0) is 57.1 Å². The Morgan fingerprint density at radius 3 is 2.83 bits per heavy atom. The number of fused-ring (bicyclic) bond motifs is 1. The molecule has 1 aromatic heterocycles. The summed E-state index contributed by atoms with van der Waals surface area (Å²) in [5, 5.41) is 4.76. The lowest BCUT2D eigenvalue weighted by Gasteiger charge is -2.18. The summed E-state index contributed by atoms with van der Waals surface area (Å²) in [6.07, 6.45) is 4.78. The Morgan fingerprint density at radius 2 is 2.04 bits per heavy atom. The first-order valence-corrected chi connectivity index (χ1v) is 8.86. The molecule has 2 heterocycles. The fourth-order valence-corrected chi connectivity index (χ4v) is 3.61. The molecule has 4 nitrogen and oxygen atoms in total. The zero-order valence-electron chi connectivity index (χ0n) is 14.4. The number of hydrogen-bond donors (Lipinski definition) is 0. The number of rotatable bonds is 4. The van der Waals surface area contributed by atoms with Gasteiger partial charge in [-0.1, -0.05) is 30.2 Å². The fraction of sp³-hybridized carbons (Fsp3) is 0.556. The minimum Gasteiger partial charge on any atom is -0.304 e. The van der Waals surface area contributed by atoms with Gasteiger partial charge in [0.15, 0.2) is 4.77 Å². The highest BCUT2D eigenvalue weighted by molar-refractivity contribution is 7.71. The predicted molar refractivity (Wildman–Crippen MR) is 96.0 cm³/mol. The lowest BCUT2D eigenvalue weighted by Crippen LogP contribution is -2.23. The molecule has 0 aliphatic carbocycles. The average molecular weight is 331 g/mol. The largest absolute Gasteiger partial charge is 0.304 e.